The molecule has 0 fully saturated rings. The molecule has 0 aliphatic carbocycles. The number of allylic oxidation sites excluding steroid dienone is 2. The van der Waals surface area contributed by atoms with Crippen LogP contribution in [0.25, 0.3) is 0 Å². The monoisotopic (exact) mass is 192 g/mol. The van der Waals surface area contributed by atoms with Crippen LogP contribution in [-0.4, -0.2) is 0 Å². The summed E-state index contributed by atoms with van der Waals surface area (Å²) in [5.74, 6) is 4.18. The molecule has 0 unspecified atom stereocenters. The number of halogens is 2. The van der Waals surface area contributed by atoms with Gasteiger partial charge in [0.05, 0.1) is 5.56 Å². The second kappa shape index (κ2) is 4.57. The fourth-order valence-electron chi connectivity index (χ4n) is 0.829. The lowest BCUT2D eigenvalue weighted by Crippen LogP contribution is -1.85. The van der Waals surface area contributed by atoms with Gasteiger partial charge in [-0.15, -0.1) is 0 Å². The van der Waals surface area contributed by atoms with E-state index in [0.717, 1.165) is 11.6 Å². The Labute approximate surface area is 82.3 Å². The number of benzene rings is 1. The van der Waals surface area contributed by atoms with Crippen molar-refractivity contribution in [2.75, 3.05) is 0 Å². The summed E-state index contributed by atoms with van der Waals surface area (Å²) in [6.07, 6.45) is 1.83. The number of hydrogen-bond acceptors (Lipinski definition) is 0. The predicted molar refractivity (Wildman–Crippen MR) is 52.7 cm³/mol. The van der Waals surface area contributed by atoms with Gasteiger partial charge in [-0.2, -0.15) is 0 Å². The molecule has 0 aromatic heterocycles. The molecule has 1 aromatic carbocycles. The first kappa shape index (κ1) is 10.5. The lowest BCUT2D eigenvalue weighted by molar-refractivity contribution is 0.581. The van der Waals surface area contributed by atoms with E-state index < -0.39 is 11.6 Å². The first-order chi connectivity index (χ1) is 6.63. The molecule has 0 amide bonds. The van der Waals surface area contributed by atoms with Crippen molar-refractivity contribution in [3.63, 3.8) is 0 Å². The van der Waals surface area contributed by atoms with Gasteiger partial charge in [-0.1, -0.05) is 17.9 Å². The van der Waals surface area contributed by atoms with E-state index in [2.05, 4.69) is 11.8 Å². The quantitative estimate of drug-likeness (QED) is 0.553. The van der Waals surface area contributed by atoms with Gasteiger partial charge >= 0.3 is 0 Å². The van der Waals surface area contributed by atoms with Gasteiger partial charge in [0.25, 0.3) is 0 Å². The fourth-order valence-corrected chi connectivity index (χ4v) is 0.829. The number of hydrogen-bond donors (Lipinski definition) is 0. The van der Waals surface area contributed by atoms with E-state index >= 15 is 0 Å². The van der Waals surface area contributed by atoms with Crippen LogP contribution in [0.2, 0.25) is 0 Å². The first-order valence-electron chi connectivity index (χ1n) is 4.23. The highest BCUT2D eigenvalue weighted by Gasteiger charge is 1.99. The Bertz CT molecular complexity index is 420. The van der Waals surface area contributed by atoms with Crippen molar-refractivity contribution in [3.8, 4) is 11.8 Å². The zero-order valence-electron chi connectivity index (χ0n) is 8.07. The second-order valence-corrected chi connectivity index (χ2v) is 2.85. The van der Waals surface area contributed by atoms with Crippen molar-refractivity contribution in [1.82, 2.24) is 0 Å². The Morgan fingerprint density at radius 1 is 1.36 bits per heavy atom. The largest absolute Gasteiger partial charge is 0.207 e. The summed E-state index contributed by atoms with van der Waals surface area (Å²) in [6.45, 7) is 3.68. The van der Waals surface area contributed by atoms with E-state index in [-0.39, 0.29) is 5.56 Å². The molecule has 0 saturated heterocycles. The van der Waals surface area contributed by atoms with Crippen molar-refractivity contribution in [1.29, 1.82) is 0 Å². The van der Waals surface area contributed by atoms with Crippen LogP contribution in [-0.2, 0) is 0 Å². The van der Waals surface area contributed by atoms with Gasteiger partial charge in [0.15, 0.2) is 0 Å². The third-order valence-corrected chi connectivity index (χ3v) is 1.76. The molecule has 0 aliphatic rings. The zero-order valence-corrected chi connectivity index (χ0v) is 8.07. The van der Waals surface area contributed by atoms with E-state index in [9.17, 15) is 8.78 Å². The van der Waals surface area contributed by atoms with Crippen molar-refractivity contribution >= 4 is 0 Å². The van der Waals surface area contributed by atoms with Gasteiger partial charge < -0.3 is 0 Å². The highest BCUT2D eigenvalue weighted by molar-refractivity contribution is 5.40. The van der Waals surface area contributed by atoms with Crippen molar-refractivity contribution in [3.05, 3.63) is 47.0 Å². The van der Waals surface area contributed by atoms with E-state index in [4.69, 9.17) is 0 Å². The normalized spacial score (nSPS) is 10.7. The van der Waals surface area contributed by atoms with Crippen LogP contribution in [0.15, 0.2) is 29.8 Å². The van der Waals surface area contributed by atoms with Crippen LogP contribution in [0.4, 0.5) is 8.78 Å². The minimum atomic E-state index is -0.624. The Hall–Kier alpha value is -1.62. The van der Waals surface area contributed by atoms with Gasteiger partial charge in [-0.05, 0) is 31.6 Å². The molecule has 0 saturated carbocycles. The van der Waals surface area contributed by atoms with Crippen molar-refractivity contribution in [2.45, 2.75) is 13.8 Å². The Balaban J connectivity index is 3.02. The SMILES string of the molecule is CC=C(C)C#Cc1ccc(F)cc1F. The smallest absolute Gasteiger partial charge is 0.141 e. The van der Waals surface area contributed by atoms with Gasteiger partial charge in [0, 0.05) is 6.07 Å². The van der Waals surface area contributed by atoms with Gasteiger partial charge in [0.1, 0.15) is 11.6 Å². The molecule has 14 heavy (non-hydrogen) atoms. The molecule has 0 aliphatic heterocycles. The summed E-state index contributed by atoms with van der Waals surface area (Å²) in [7, 11) is 0. The second-order valence-electron chi connectivity index (χ2n) is 2.85. The molecule has 1 aromatic rings. The fraction of sp³-hybridized carbons (Fsp3) is 0.167. The average Bonchev–Trinajstić information content (AvgIpc) is 2.16. The number of rotatable bonds is 0. The lowest BCUT2D eigenvalue weighted by Gasteiger charge is -1.93. The summed E-state index contributed by atoms with van der Waals surface area (Å²) in [4.78, 5) is 0. The Kier molecular flexibility index (Phi) is 3.41. The summed E-state index contributed by atoms with van der Waals surface area (Å²) >= 11 is 0. The summed E-state index contributed by atoms with van der Waals surface area (Å²) in [6, 6.07) is 3.35. The summed E-state index contributed by atoms with van der Waals surface area (Å²) in [5.41, 5.74) is 1.07. The highest BCUT2D eigenvalue weighted by Crippen LogP contribution is 2.07. The van der Waals surface area contributed by atoms with Gasteiger partial charge in [-0.25, -0.2) is 8.78 Å². The van der Waals surface area contributed by atoms with Crippen LogP contribution < -0.4 is 0 Å². The predicted octanol–water partition coefficient (Wildman–Crippen LogP) is 3.28. The van der Waals surface area contributed by atoms with Crippen LogP contribution in [0.1, 0.15) is 19.4 Å². The zero-order chi connectivity index (χ0) is 10.6. The molecule has 0 heterocycles. The van der Waals surface area contributed by atoms with Crippen molar-refractivity contribution in [2.24, 2.45) is 0 Å². The maximum atomic E-state index is 13.0. The topological polar surface area (TPSA) is 0 Å². The maximum absolute atomic E-state index is 13.0. The summed E-state index contributed by atoms with van der Waals surface area (Å²) < 4.78 is 25.6. The maximum Gasteiger partial charge on any atom is 0.141 e. The van der Waals surface area contributed by atoms with E-state index in [1.54, 1.807) is 0 Å². The van der Waals surface area contributed by atoms with Crippen LogP contribution in [0.3, 0.4) is 0 Å². The molecule has 0 radical (unpaired) electrons. The third-order valence-electron chi connectivity index (χ3n) is 1.76. The Morgan fingerprint density at radius 2 is 2.07 bits per heavy atom. The Morgan fingerprint density at radius 3 is 2.64 bits per heavy atom. The van der Waals surface area contributed by atoms with E-state index in [1.165, 1.54) is 12.1 Å². The van der Waals surface area contributed by atoms with E-state index in [1.807, 2.05) is 19.9 Å². The molecule has 72 valence electrons. The molecule has 0 N–H and O–H groups in total. The third kappa shape index (κ3) is 2.70. The molecular formula is C12H10F2. The van der Waals surface area contributed by atoms with E-state index in [0.29, 0.717) is 0 Å². The molecule has 1 rings (SSSR count). The van der Waals surface area contributed by atoms with Crippen molar-refractivity contribution < 1.29 is 8.78 Å². The van der Waals surface area contributed by atoms with Crippen LogP contribution >= 0.6 is 0 Å². The highest BCUT2D eigenvalue weighted by atomic mass is 19.1. The molecule has 2 heteroatoms. The van der Waals surface area contributed by atoms with Crippen LogP contribution in [0.5, 0.6) is 0 Å². The van der Waals surface area contributed by atoms with Gasteiger partial charge in [-0.3, -0.25) is 0 Å². The first-order valence-corrected chi connectivity index (χ1v) is 4.23. The summed E-state index contributed by atoms with van der Waals surface area (Å²) in [5, 5.41) is 0. The minimum Gasteiger partial charge on any atom is -0.207 e. The average molecular weight is 192 g/mol. The minimum absolute atomic E-state index is 0.215. The van der Waals surface area contributed by atoms with Crippen LogP contribution in [0, 0.1) is 23.5 Å². The molecular weight excluding hydrogens is 182 g/mol. The molecule has 0 spiro atoms. The van der Waals surface area contributed by atoms with Gasteiger partial charge in [0.2, 0.25) is 0 Å². The molecule has 0 nitrogen and oxygen atoms in total. The molecule has 0 atom stereocenters. The lowest BCUT2D eigenvalue weighted by atomic mass is 10.2. The molecule has 0 bridgehead atoms. The standard InChI is InChI=1S/C12H10F2/c1-3-9(2)4-5-10-6-7-11(13)8-12(10)14/h3,6-8H,1-2H3.